The molecular formula is C24H30FN3O2. The zero-order valence-electron chi connectivity index (χ0n) is 17.7. The molecule has 0 unspecified atom stereocenters. The van der Waals surface area contributed by atoms with Crippen LogP contribution in [0.1, 0.15) is 37.8 Å². The molecule has 2 amide bonds. The highest BCUT2D eigenvalue weighted by molar-refractivity contribution is 6.40. The Hall–Kier alpha value is -2.73. The first kappa shape index (κ1) is 22.0. The number of rotatable bonds is 6. The van der Waals surface area contributed by atoms with Gasteiger partial charge in [0.2, 0.25) is 0 Å². The van der Waals surface area contributed by atoms with Crippen LogP contribution in [0.25, 0.3) is 0 Å². The Morgan fingerprint density at radius 3 is 2.63 bits per heavy atom. The van der Waals surface area contributed by atoms with Gasteiger partial charge < -0.3 is 10.2 Å². The number of carbonyl (C=O) groups excluding carboxylic acids is 2. The third-order valence-electron chi connectivity index (χ3n) is 5.57. The number of likely N-dealkylation sites (N-methyl/N-ethyl adjacent to an activating group) is 1. The molecule has 1 fully saturated rings. The summed E-state index contributed by atoms with van der Waals surface area (Å²) in [6.45, 7) is 7.60. The Balaban J connectivity index is 1.63. The SMILES string of the molecule is CCN(C(=O)C(=O)NCc1ccccc1CN1CCC[C@H](C)C1)c1cccc(F)c1. The third kappa shape index (κ3) is 5.66. The van der Waals surface area contributed by atoms with Crippen molar-refractivity contribution < 1.29 is 14.0 Å². The molecule has 1 aliphatic heterocycles. The number of carbonyl (C=O) groups is 2. The first-order valence-electron chi connectivity index (χ1n) is 10.6. The van der Waals surface area contributed by atoms with E-state index in [1.165, 1.54) is 35.9 Å². The molecular weight excluding hydrogens is 381 g/mol. The Morgan fingerprint density at radius 1 is 1.17 bits per heavy atom. The number of nitrogens with one attached hydrogen (secondary N) is 1. The number of nitrogens with zero attached hydrogens (tertiary/aromatic N) is 2. The topological polar surface area (TPSA) is 52.7 Å². The van der Waals surface area contributed by atoms with E-state index < -0.39 is 17.6 Å². The summed E-state index contributed by atoms with van der Waals surface area (Å²) < 4.78 is 13.5. The van der Waals surface area contributed by atoms with E-state index >= 15 is 0 Å². The zero-order chi connectivity index (χ0) is 21.5. The van der Waals surface area contributed by atoms with Gasteiger partial charge in [-0.05, 0) is 61.6 Å². The van der Waals surface area contributed by atoms with Gasteiger partial charge in [0.05, 0.1) is 0 Å². The van der Waals surface area contributed by atoms with Crippen LogP contribution in [0.2, 0.25) is 0 Å². The van der Waals surface area contributed by atoms with Gasteiger partial charge in [0, 0.05) is 31.9 Å². The zero-order valence-corrected chi connectivity index (χ0v) is 17.7. The fourth-order valence-electron chi connectivity index (χ4n) is 4.02. The third-order valence-corrected chi connectivity index (χ3v) is 5.57. The number of piperidine rings is 1. The van der Waals surface area contributed by atoms with Crippen molar-refractivity contribution in [2.45, 2.75) is 39.8 Å². The van der Waals surface area contributed by atoms with Crippen molar-refractivity contribution in [3.63, 3.8) is 0 Å². The number of halogens is 1. The lowest BCUT2D eigenvalue weighted by Crippen LogP contribution is -2.43. The summed E-state index contributed by atoms with van der Waals surface area (Å²) in [6.07, 6.45) is 2.48. The number of amides is 2. The van der Waals surface area contributed by atoms with Crippen molar-refractivity contribution in [3.05, 3.63) is 65.5 Å². The molecule has 30 heavy (non-hydrogen) atoms. The summed E-state index contributed by atoms with van der Waals surface area (Å²) in [5.41, 5.74) is 2.54. The highest BCUT2D eigenvalue weighted by Crippen LogP contribution is 2.20. The number of anilines is 1. The number of likely N-dealkylation sites (tertiary alicyclic amines) is 1. The lowest BCUT2D eigenvalue weighted by Gasteiger charge is -2.31. The monoisotopic (exact) mass is 411 g/mol. The summed E-state index contributed by atoms with van der Waals surface area (Å²) in [7, 11) is 0. The Bertz CT molecular complexity index is 886. The first-order chi connectivity index (χ1) is 14.5. The molecule has 0 saturated carbocycles. The molecule has 2 aromatic carbocycles. The molecule has 1 atom stereocenters. The molecule has 1 heterocycles. The Labute approximate surface area is 177 Å². The van der Waals surface area contributed by atoms with E-state index in [1.807, 2.05) is 18.2 Å². The molecule has 1 aliphatic rings. The number of hydrogen-bond acceptors (Lipinski definition) is 3. The van der Waals surface area contributed by atoms with Crippen molar-refractivity contribution in [1.29, 1.82) is 0 Å². The fraction of sp³-hybridized carbons (Fsp3) is 0.417. The van der Waals surface area contributed by atoms with Gasteiger partial charge >= 0.3 is 11.8 Å². The summed E-state index contributed by atoms with van der Waals surface area (Å²) >= 11 is 0. The second-order valence-corrected chi connectivity index (χ2v) is 7.96. The molecule has 3 rings (SSSR count). The normalized spacial score (nSPS) is 16.8. The molecule has 0 spiro atoms. The maximum atomic E-state index is 13.5. The van der Waals surface area contributed by atoms with Crippen LogP contribution >= 0.6 is 0 Å². The standard InChI is InChI=1S/C24H30FN3O2/c1-3-28(22-12-6-11-21(25)14-22)24(30)23(29)26-15-19-9-4-5-10-20(19)17-27-13-7-8-18(2)16-27/h4-6,9-12,14,18H,3,7-8,13,15-17H2,1-2H3,(H,26,29)/t18-/m0/s1. The van der Waals surface area contributed by atoms with Gasteiger partial charge in [-0.2, -0.15) is 0 Å². The van der Waals surface area contributed by atoms with E-state index in [4.69, 9.17) is 0 Å². The van der Waals surface area contributed by atoms with E-state index in [0.29, 0.717) is 11.6 Å². The molecule has 5 nitrogen and oxygen atoms in total. The van der Waals surface area contributed by atoms with Gasteiger partial charge in [-0.3, -0.25) is 14.5 Å². The molecule has 1 saturated heterocycles. The predicted molar refractivity (Wildman–Crippen MR) is 116 cm³/mol. The maximum Gasteiger partial charge on any atom is 0.316 e. The van der Waals surface area contributed by atoms with Crippen LogP contribution in [-0.4, -0.2) is 36.3 Å². The summed E-state index contributed by atoms with van der Waals surface area (Å²) in [5, 5.41) is 2.74. The molecule has 6 heteroatoms. The minimum absolute atomic E-state index is 0.277. The highest BCUT2D eigenvalue weighted by Gasteiger charge is 2.23. The molecule has 0 bridgehead atoms. The summed E-state index contributed by atoms with van der Waals surface area (Å²) in [6, 6.07) is 13.7. The quantitative estimate of drug-likeness (QED) is 0.737. The molecule has 0 aromatic heterocycles. The molecule has 0 radical (unpaired) electrons. The van der Waals surface area contributed by atoms with Crippen molar-refractivity contribution in [2.75, 3.05) is 24.5 Å². The summed E-state index contributed by atoms with van der Waals surface area (Å²) in [4.78, 5) is 28.9. The van der Waals surface area contributed by atoms with Gasteiger partial charge in [0.25, 0.3) is 0 Å². The van der Waals surface area contributed by atoms with Crippen molar-refractivity contribution in [2.24, 2.45) is 5.92 Å². The van der Waals surface area contributed by atoms with Crippen LogP contribution in [0.4, 0.5) is 10.1 Å². The second-order valence-electron chi connectivity index (χ2n) is 7.96. The molecule has 0 aliphatic carbocycles. The van der Waals surface area contributed by atoms with E-state index in [1.54, 1.807) is 13.0 Å². The maximum absolute atomic E-state index is 13.5. The lowest BCUT2D eigenvalue weighted by atomic mass is 9.99. The van der Waals surface area contributed by atoms with E-state index in [0.717, 1.165) is 30.8 Å². The Kier molecular flexibility index (Phi) is 7.57. The van der Waals surface area contributed by atoms with Gasteiger partial charge in [0.1, 0.15) is 5.82 Å². The van der Waals surface area contributed by atoms with Crippen molar-refractivity contribution in [1.82, 2.24) is 10.2 Å². The summed E-state index contributed by atoms with van der Waals surface area (Å²) in [5.74, 6) is -1.13. The fourth-order valence-corrected chi connectivity index (χ4v) is 4.02. The highest BCUT2D eigenvalue weighted by atomic mass is 19.1. The van der Waals surface area contributed by atoms with Gasteiger partial charge in [-0.1, -0.05) is 37.3 Å². The number of benzene rings is 2. The average molecular weight is 412 g/mol. The molecule has 1 N–H and O–H groups in total. The largest absolute Gasteiger partial charge is 0.344 e. The van der Waals surface area contributed by atoms with Gasteiger partial charge in [0.15, 0.2) is 0 Å². The van der Waals surface area contributed by atoms with Crippen LogP contribution in [0, 0.1) is 11.7 Å². The van der Waals surface area contributed by atoms with Crippen LogP contribution in [-0.2, 0) is 22.7 Å². The van der Waals surface area contributed by atoms with Crippen LogP contribution in [0.3, 0.4) is 0 Å². The van der Waals surface area contributed by atoms with Crippen LogP contribution in [0.15, 0.2) is 48.5 Å². The molecule has 160 valence electrons. The first-order valence-corrected chi connectivity index (χ1v) is 10.6. The van der Waals surface area contributed by atoms with Gasteiger partial charge in [-0.25, -0.2) is 4.39 Å². The van der Waals surface area contributed by atoms with Gasteiger partial charge in [-0.15, -0.1) is 0 Å². The second kappa shape index (κ2) is 10.3. The predicted octanol–water partition coefficient (Wildman–Crippen LogP) is 3.73. The van der Waals surface area contributed by atoms with Crippen LogP contribution < -0.4 is 10.2 Å². The molecule has 2 aromatic rings. The van der Waals surface area contributed by atoms with Crippen molar-refractivity contribution >= 4 is 17.5 Å². The van der Waals surface area contributed by atoms with Crippen LogP contribution in [0.5, 0.6) is 0 Å². The Morgan fingerprint density at radius 2 is 1.93 bits per heavy atom. The lowest BCUT2D eigenvalue weighted by molar-refractivity contribution is -0.137. The van der Waals surface area contributed by atoms with E-state index in [2.05, 4.69) is 23.2 Å². The minimum atomic E-state index is -0.692. The van der Waals surface area contributed by atoms with Crippen molar-refractivity contribution in [3.8, 4) is 0 Å². The minimum Gasteiger partial charge on any atom is -0.344 e. The average Bonchev–Trinajstić information content (AvgIpc) is 2.73. The smallest absolute Gasteiger partial charge is 0.316 e. The van der Waals surface area contributed by atoms with E-state index in [9.17, 15) is 14.0 Å². The van der Waals surface area contributed by atoms with E-state index in [-0.39, 0.29) is 13.1 Å². The number of hydrogen-bond donors (Lipinski definition) is 1.